The summed E-state index contributed by atoms with van der Waals surface area (Å²) in [4.78, 5) is 22.3. The monoisotopic (exact) mass is 377 g/mol. The highest BCUT2D eigenvalue weighted by Gasteiger charge is 2.11. The van der Waals surface area contributed by atoms with Crippen molar-refractivity contribution < 1.29 is 14.5 Å². The summed E-state index contributed by atoms with van der Waals surface area (Å²) in [6.07, 6.45) is 0.922. The zero-order valence-electron chi connectivity index (χ0n) is 14.3. The number of rotatable bonds is 9. The van der Waals surface area contributed by atoms with Crippen molar-refractivity contribution in [1.82, 2.24) is 0 Å². The van der Waals surface area contributed by atoms with E-state index in [2.05, 4.69) is 10.6 Å². The van der Waals surface area contributed by atoms with Gasteiger partial charge in [-0.1, -0.05) is 17.7 Å². The zero-order chi connectivity index (χ0) is 18.9. The van der Waals surface area contributed by atoms with Crippen LogP contribution in [-0.4, -0.2) is 24.0 Å². The molecule has 0 aliphatic heterocycles. The summed E-state index contributed by atoms with van der Waals surface area (Å²) < 4.78 is 5.47. The number of nitro benzene ring substituents is 1. The van der Waals surface area contributed by atoms with E-state index >= 15 is 0 Å². The Bertz CT molecular complexity index is 766. The molecule has 138 valence electrons. The minimum Gasteiger partial charge on any atom is -0.490 e. The maximum Gasteiger partial charge on any atom is 0.269 e. The number of hydrogen-bond donors (Lipinski definition) is 2. The van der Waals surface area contributed by atoms with Crippen molar-refractivity contribution in [3.8, 4) is 5.75 Å². The minimum absolute atomic E-state index is 0.0431. The molecule has 0 aliphatic rings. The normalized spacial score (nSPS) is 10.2. The predicted octanol–water partition coefficient (Wildman–Crippen LogP) is 4.48. The second-order valence-corrected chi connectivity index (χ2v) is 5.84. The van der Waals surface area contributed by atoms with E-state index in [-0.39, 0.29) is 11.6 Å². The molecule has 1 amide bonds. The van der Waals surface area contributed by atoms with E-state index < -0.39 is 4.92 Å². The molecule has 7 nitrogen and oxygen atoms in total. The average molecular weight is 378 g/mol. The van der Waals surface area contributed by atoms with Crippen LogP contribution in [0.3, 0.4) is 0 Å². The van der Waals surface area contributed by atoms with Gasteiger partial charge in [0.1, 0.15) is 0 Å². The lowest BCUT2D eigenvalue weighted by Gasteiger charge is -2.13. The first-order valence-corrected chi connectivity index (χ1v) is 8.58. The molecule has 0 fully saturated rings. The van der Waals surface area contributed by atoms with Crippen molar-refractivity contribution in [1.29, 1.82) is 0 Å². The molecule has 2 aromatic rings. The number of para-hydroxylation sites is 1. The number of nitrogens with one attached hydrogen (secondary N) is 2. The number of benzene rings is 2. The molecule has 0 aliphatic carbocycles. The van der Waals surface area contributed by atoms with Crippen LogP contribution in [0, 0.1) is 10.1 Å². The molecule has 0 saturated carbocycles. The van der Waals surface area contributed by atoms with Crippen molar-refractivity contribution in [2.24, 2.45) is 0 Å². The summed E-state index contributed by atoms with van der Waals surface area (Å²) in [5.41, 5.74) is 1.36. The smallest absolute Gasteiger partial charge is 0.269 e. The lowest BCUT2D eigenvalue weighted by molar-refractivity contribution is -0.384. The SMILES string of the molecule is CCOc1c(Cl)cccc1NC(=O)CCCNc1ccc([N+](=O)[O-])cc1. The second-order valence-electron chi connectivity index (χ2n) is 5.43. The first-order valence-electron chi connectivity index (χ1n) is 8.20. The number of non-ortho nitro benzene ring substituents is 1. The Morgan fingerprint density at radius 2 is 1.96 bits per heavy atom. The molecule has 2 aromatic carbocycles. The summed E-state index contributed by atoms with van der Waals surface area (Å²) in [5.74, 6) is 0.327. The second kappa shape index (κ2) is 9.62. The molecule has 0 radical (unpaired) electrons. The Kier molecular flexibility index (Phi) is 7.23. The van der Waals surface area contributed by atoms with Crippen LogP contribution < -0.4 is 15.4 Å². The Balaban J connectivity index is 1.79. The number of hydrogen-bond acceptors (Lipinski definition) is 5. The first kappa shape index (κ1) is 19.5. The molecule has 26 heavy (non-hydrogen) atoms. The van der Waals surface area contributed by atoms with Crippen LogP contribution in [0.4, 0.5) is 17.1 Å². The fraction of sp³-hybridized carbons (Fsp3) is 0.278. The molecule has 8 heteroatoms. The molecular weight excluding hydrogens is 358 g/mol. The van der Waals surface area contributed by atoms with E-state index in [1.165, 1.54) is 12.1 Å². The summed E-state index contributed by atoms with van der Waals surface area (Å²) >= 11 is 6.09. The maximum atomic E-state index is 12.1. The van der Waals surface area contributed by atoms with E-state index in [4.69, 9.17) is 16.3 Å². The lowest BCUT2D eigenvalue weighted by atomic mass is 10.2. The van der Waals surface area contributed by atoms with Gasteiger partial charge >= 0.3 is 0 Å². The molecule has 0 heterocycles. The van der Waals surface area contributed by atoms with E-state index in [9.17, 15) is 14.9 Å². The van der Waals surface area contributed by atoms with E-state index in [0.717, 1.165) is 5.69 Å². The van der Waals surface area contributed by atoms with Crippen molar-refractivity contribution in [3.05, 3.63) is 57.6 Å². The molecule has 2 N–H and O–H groups in total. The molecule has 0 unspecified atom stereocenters. The topological polar surface area (TPSA) is 93.5 Å². The van der Waals surface area contributed by atoms with Crippen LogP contribution in [0.5, 0.6) is 5.75 Å². The van der Waals surface area contributed by atoms with Crippen LogP contribution in [-0.2, 0) is 4.79 Å². The van der Waals surface area contributed by atoms with E-state index in [0.29, 0.717) is 42.5 Å². The average Bonchev–Trinajstić information content (AvgIpc) is 2.62. The fourth-order valence-corrected chi connectivity index (χ4v) is 2.52. The van der Waals surface area contributed by atoms with Gasteiger partial charge in [-0.3, -0.25) is 14.9 Å². The van der Waals surface area contributed by atoms with Gasteiger partial charge in [-0.05, 0) is 37.6 Å². The van der Waals surface area contributed by atoms with Gasteiger partial charge in [0.2, 0.25) is 5.91 Å². The van der Waals surface area contributed by atoms with Crippen LogP contribution in [0.1, 0.15) is 19.8 Å². The molecule has 0 aromatic heterocycles. The standard InChI is InChI=1S/C18H20ClN3O4/c1-2-26-18-15(19)5-3-6-16(18)21-17(23)7-4-12-20-13-8-10-14(11-9-13)22(24)25/h3,5-6,8-11,20H,2,4,7,12H2,1H3,(H,21,23). The molecule has 0 atom stereocenters. The molecule has 0 spiro atoms. The third-order valence-corrected chi connectivity index (χ3v) is 3.82. The van der Waals surface area contributed by atoms with Crippen LogP contribution in [0.15, 0.2) is 42.5 Å². The van der Waals surface area contributed by atoms with Gasteiger partial charge in [-0.25, -0.2) is 0 Å². The molecular formula is C18H20ClN3O4. The summed E-state index contributed by atoms with van der Waals surface area (Å²) in [7, 11) is 0. The van der Waals surface area contributed by atoms with Crippen molar-refractivity contribution >= 4 is 34.6 Å². The van der Waals surface area contributed by atoms with Gasteiger partial charge in [0.05, 0.1) is 22.2 Å². The van der Waals surface area contributed by atoms with Gasteiger partial charge in [-0.15, -0.1) is 0 Å². The maximum absolute atomic E-state index is 12.1. The lowest BCUT2D eigenvalue weighted by Crippen LogP contribution is -2.14. The van der Waals surface area contributed by atoms with E-state index in [1.807, 2.05) is 6.92 Å². The number of ether oxygens (including phenoxy) is 1. The van der Waals surface area contributed by atoms with E-state index in [1.54, 1.807) is 30.3 Å². The Morgan fingerprint density at radius 3 is 2.62 bits per heavy atom. The molecule has 0 bridgehead atoms. The largest absolute Gasteiger partial charge is 0.490 e. The number of amides is 1. The van der Waals surface area contributed by atoms with Gasteiger partial charge in [0.15, 0.2) is 5.75 Å². The third-order valence-electron chi connectivity index (χ3n) is 3.52. The Morgan fingerprint density at radius 1 is 1.23 bits per heavy atom. The molecule has 0 saturated heterocycles. The van der Waals surface area contributed by atoms with Gasteiger partial charge < -0.3 is 15.4 Å². The van der Waals surface area contributed by atoms with Crippen LogP contribution in [0.2, 0.25) is 5.02 Å². The van der Waals surface area contributed by atoms with Crippen molar-refractivity contribution in [2.75, 3.05) is 23.8 Å². The summed E-state index contributed by atoms with van der Waals surface area (Å²) in [6, 6.07) is 11.3. The minimum atomic E-state index is -0.444. The number of nitrogens with zero attached hydrogens (tertiary/aromatic N) is 1. The number of carbonyl (C=O) groups is 1. The van der Waals surface area contributed by atoms with Crippen LogP contribution >= 0.6 is 11.6 Å². The van der Waals surface area contributed by atoms with Crippen LogP contribution in [0.25, 0.3) is 0 Å². The van der Waals surface area contributed by atoms with Gasteiger partial charge in [0.25, 0.3) is 5.69 Å². The summed E-state index contributed by atoms with van der Waals surface area (Å²) in [5, 5.41) is 17.0. The Labute approximate surface area is 156 Å². The fourth-order valence-electron chi connectivity index (χ4n) is 2.29. The summed E-state index contributed by atoms with van der Waals surface area (Å²) in [6.45, 7) is 2.86. The zero-order valence-corrected chi connectivity index (χ0v) is 15.1. The van der Waals surface area contributed by atoms with Gasteiger partial charge in [0, 0.05) is 30.8 Å². The number of halogens is 1. The molecule has 2 rings (SSSR count). The number of anilines is 2. The number of nitro groups is 1. The third kappa shape index (κ3) is 5.63. The first-order chi connectivity index (χ1) is 12.5. The quantitative estimate of drug-likeness (QED) is 0.382. The highest BCUT2D eigenvalue weighted by atomic mass is 35.5. The van der Waals surface area contributed by atoms with Crippen molar-refractivity contribution in [3.63, 3.8) is 0 Å². The Hall–Kier alpha value is -2.80. The number of carbonyl (C=O) groups excluding carboxylic acids is 1. The van der Waals surface area contributed by atoms with Crippen molar-refractivity contribution in [2.45, 2.75) is 19.8 Å². The van der Waals surface area contributed by atoms with Gasteiger partial charge in [-0.2, -0.15) is 0 Å². The predicted molar refractivity (Wildman–Crippen MR) is 102 cm³/mol. The highest BCUT2D eigenvalue weighted by molar-refractivity contribution is 6.32. The highest BCUT2D eigenvalue weighted by Crippen LogP contribution is 2.32.